The van der Waals surface area contributed by atoms with Gasteiger partial charge in [-0.15, -0.1) is 0 Å². The second kappa shape index (κ2) is 9.81. The van der Waals surface area contributed by atoms with E-state index in [1.807, 2.05) is 0 Å². The number of rotatable bonds is 9. The largest absolute Gasteiger partial charge is 0.462 e. The molecule has 90 valence electrons. The molecule has 0 amide bonds. The fraction of sp³-hybridized carbons (Fsp3) is 0.875. The van der Waals surface area contributed by atoms with Gasteiger partial charge in [0.25, 0.3) is 0 Å². The van der Waals surface area contributed by atoms with Gasteiger partial charge in [0.05, 0.1) is 13.2 Å². The molecule has 0 atom stereocenters. The van der Waals surface area contributed by atoms with Gasteiger partial charge in [-0.2, -0.15) is 0 Å². The maximum Gasteiger partial charge on any atom is 0.338 e. The average Bonchev–Trinajstić information content (AvgIpc) is 2.26. The normalized spacial score (nSPS) is 10.7. The van der Waals surface area contributed by atoms with Crippen LogP contribution in [-0.4, -0.2) is 61.8 Å². The predicted octanol–water partition coefficient (Wildman–Crippen LogP) is -3.02. The van der Waals surface area contributed by atoms with E-state index in [9.17, 15) is 4.79 Å². The van der Waals surface area contributed by atoms with Crippen LogP contribution in [0.15, 0.2) is 0 Å². The Morgan fingerprint density at radius 1 is 1.27 bits per heavy atom. The van der Waals surface area contributed by atoms with E-state index in [2.05, 4.69) is 10.6 Å². The van der Waals surface area contributed by atoms with Crippen molar-refractivity contribution in [2.45, 2.75) is 6.17 Å². The number of hydrogen-bond donors (Lipinski definition) is 5. The Morgan fingerprint density at radius 3 is 2.20 bits per heavy atom. The zero-order chi connectivity index (χ0) is 11.5. The number of ether oxygens (including phenoxy) is 1. The fourth-order valence-corrected chi connectivity index (χ4v) is 0.899. The lowest BCUT2D eigenvalue weighted by Gasteiger charge is -2.17. The first-order valence-corrected chi connectivity index (χ1v) is 4.81. The van der Waals surface area contributed by atoms with Gasteiger partial charge in [0.15, 0.2) is 6.17 Å². The van der Waals surface area contributed by atoms with Crippen LogP contribution in [0.5, 0.6) is 0 Å². The molecule has 0 heterocycles. The molecule has 0 aromatic carbocycles. The molecule has 0 spiro atoms. The molecule has 7 nitrogen and oxygen atoms in total. The maximum absolute atomic E-state index is 11.3. The van der Waals surface area contributed by atoms with Gasteiger partial charge >= 0.3 is 5.97 Å². The summed E-state index contributed by atoms with van der Waals surface area (Å²) in [4.78, 5) is 11.3. The lowest BCUT2D eigenvalue weighted by molar-refractivity contribution is -0.146. The van der Waals surface area contributed by atoms with E-state index in [4.69, 9.17) is 20.7 Å². The molecule has 0 aliphatic rings. The summed E-state index contributed by atoms with van der Waals surface area (Å²) in [5, 5.41) is 22.6. The van der Waals surface area contributed by atoms with Crippen molar-refractivity contribution in [3.05, 3.63) is 0 Å². The van der Waals surface area contributed by atoms with Crippen LogP contribution in [0.4, 0.5) is 0 Å². The van der Waals surface area contributed by atoms with E-state index in [1.54, 1.807) is 0 Å². The zero-order valence-corrected chi connectivity index (χ0v) is 8.61. The quantitative estimate of drug-likeness (QED) is 0.208. The monoisotopic (exact) mass is 221 g/mol. The molecule has 0 fully saturated rings. The van der Waals surface area contributed by atoms with E-state index in [0.717, 1.165) is 0 Å². The summed E-state index contributed by atoms with van der Waals surface area (Å²) < 4.78 is 4.80. The molecule has 7 heteroatoms. The molecule has 15 heavy (non-hydrogen) atoms. The number of carbonyl (C=O) groups is 1. The molecule has 0 saturated heterocycles. The van der Waals surface area contributed by atoms with Crippen LogP contribution >= 0.6 is 0 Å². The van der Waals surface area contributed by atoms with E-state index in [0.29, 0.717) is 0 Å². The van der Waals surface area contributed by atoms with E-state index >= 15 is 0 Å². The van der Waals surface area contributed by atoms with E-state index < -0.39 is 12.1 Å². The fourth-order valence-electron chi connectivity index (χ4n) is 0.899. The van der Waals surface area contributed by atoms with Gasteiger partial charge in [0.1, 0.15) is 6.61 Å². The van der Waals surface area contributed by atoms with Gasteiger partial charge in [-0.3, -0.25) is 10.6 Å². The molecule has 6 N–H and O–H groups in total. The Kier molecular flexibility index (Phi) is 9.33. The first kappa shape index (κ1) is 14.3. The highest BCUT2D eigenvalue weighted by atomic mass is 16.5. The highest BCUT2D eigenvalue weighted by Gasteiger charge is 2.17. The van der Waals surface area contributed by atoms with Crippen LogP contribution in [0.3, 0.4) is 0 Å². The van der Waals surface area contributed by atoms with Crippen molar-refractivity contribution in [2.24, 2.45) is 5.73 Å². The van der Waals surface area contributed by atoms with Gasteiger partial charge in [0.2, 0.25) is 0 Å². The first-order valence-electron chi connectivity index (χ1n) is 4.81. The van der Waals surface area contributed by atoms with Crippen LogP contribution < -0.4 is 16.4 Å². The smallest absolute Gasteiger partial charge is 0.338 e. The number of nitrogens with two attached hydrogens (primary N) is 1. The molecular formula is C8H19N3O4. The Hall–Kier alpha value is -0.730. The molecule has 0 aromatic rings. The molecule has 0 bridgehead atoms. The Labute approximate surface area is 88.6 Å². The highest BCUT2D eigenvalue weighted by Crippen LogP contribution is 1.85. The predicted molar refractivity (Wildman–Crippen MR) is 54.0 cm³/mol. The number of aliphatic hydroxyl groups excluding tert-OH is 2. The van der Waals surface area contributed by atoms with Gasteiger partial charge < -0.3 is 20.7 Å². The van der Waals surface area contributed by atoms with Crippen molar-refractivity contribution >= 4 is 5.97 Å². The number of hydrogen-bond acceptors (Lipinski definition) is 7. The van der Waals surface area contributed by atoms with Crippen LogP contribution in [-0.2, 0) is 9.53 Å². The number of nitrogens with one attached hydrogen (secondary N) is 2. The summed E-state index contributed by atoms with van der Waals surface area (Å²) in [6, 6.07) is 0. The molecule has 0 unspecified atom stereocenters. The van der Waals surface area contributed by atoms with Crippen molar-refractivity contribution in [3.8, 4) is 0 Å². The summed E-state index contributed by atoms with van der Waals surface area (Å²) in [5.74, 6) is -0.498. The minimum atomic E-state index is -0.726. The second-order valence-electron chi connectivity index (χ2n) is 2.74. The van der Waals surface area contributed by atoms with Gasteiger partial charge in [-0.1, -0.05) is 0 Å². The summed E-state index contributed by atoms with van der Waals surface area (Å²) in [6.07, 6.45) is -0.726. The van der Waals surface area contributed by atoms with Crippen LogP contribution in [0.2, 0.25) is 0 Å². The number of esters is 1. The second-order valence-corrected chi connectivity index (χ2v) is 2.74. The molecule has 0 radical (unpaired) electrons. The Bertz CT molecular complexity index is 160. The van der Waals surface area contributed by atoms with E-state index in [1.165, 1.54) is 0 Å². The van der Waals surface area contributed by atoms with Gasteiger partial charge in [-0.05, 0) is 0 Å². The minimum absolute atomic E-state index is 0.0819. The molecule has 0 aromatic heterocycles. The topological polar surface area (TPSA) is 117 Å². The van der Waals surface area contributed by atoms with Crippen LogP contribution in [0.1, 0.15) is 0 Å². The van der Waals surface area contributed by atoms with Gasteiger partial charge in [-0.25, -0.2) is 4.79 Å². The molecule has 0 aliphatic carbocycles. The van der Waals surface area contributed by atoms with Gasteiger partial charge in [0, 0.05) is 19.6 Å². The number of carbonyl (C=O) groups excluding carboxylic acids is 1. The Balaban J connectivity index is 3.90. The zero-order valence-electron chi connectivity index (χ0n) is 8.61. The highest BCUT2D eigenvalue weighted by molar-refractivity contribution is 5.75. The molecular weight excluding hydrogens is 202 g/mol. The third-order valence-corrected chi connectivity index (χ3v) is 1.52. The molecule has 0 aliphatic heterocycles. The lowest BCUT2D eigenvalue weighted by atomic mass is 10.4. The summed E-state index contributed by atoms with van der Waals surface area (Å²) in [7, 11) is 0. The number of aliphatic hydroxyl groups is 2. The minimum Gasteiger partial charge on any atom is -0.462 e. The standard InChI is InChI=1S/C8H19N3O4/c9-1-6-15-8(14)7(10-2-4-12)11-3-5-13/h7,10-13H,1-6,9H2. The van der Waals surface area contributed by atoms with Crippen LogP contribution in [0.25, 0.3) is 0 Å². The van der Waals surface area contributed by atoms with Crippen molar-refractivity contribution < 1.29 is 19.7 Å². The van der Waals surface area contributed by atoms with Crippen molar-refractivity contribution in [1.29, 1.82) is 0 Å². The van der Waals surface area contributed by atoms with Crippen LogP contribution in [0, 0.1) is 0 Å². The third-order valence-electron chi connectivity index (χ3n) is 1.52. The third kappa shape index (κ3) is 7.23. The lowest BCUT2D eigenvalue weighted by Crippen LogP contribution is -2.51. The van der Waals surface area contributed by atoms with Crippen molar-refractivity contribution in [3.63, 3.8) is 0 Å². The van der Waals surface area contributed by atoms with Crippen molar-refractivity contribution in [1.82, 2.24) is 10.6 Å². The molecule has 0 rings (SSSR count). The summed E-state index contributed by atoms with van der Waals surface area (Å²) in [6.45, 7) is 0.778. The summed E-state index contributed by atoms with van der Waals surface area (Å²) in [5.41, 5.74) is 5.18. The SMILES string of the molecule is NCCOC(=O)C(NCCO)NCCO. The average molecular weight is 221 g/mol. The Morgan fingerprint density at radius 2 is 1.80 bits per heavy atom. The first-order chi connectivity index (χ1) is 7.26. The summed E-state index contributed by atoms with van der Waals surface area (Å²) >= 11 is 0. The maximum atomic E-state index is 11.3. The van der Waals surface area contributed by atoms with E-state index in [-0.39, 0.29) is 39.5 Å². The van der Waals surface area contributed by atoms with Crippen molar-refractivity contribution in [2.75, 3.05) is 39.5 Å². The molecule has 0 saturated carbocycles.